The zero-order chi connectivity index (χ0) is 10.7. The number of carbonyl (C=O) groups is 2. The molecule has 1 rings (SSSR count). The van der Waals surface area contributed by atoms with Gasteiger partial charge in [-0.3, -0.25) is 9.59 Å². The quantitative estimate of drug-likeness (QED) is 0.528. The predicted octanol–water partition coefficient (Wildman–Crippen LogP) is 1.71. The summed E-state index contributed by atoms with van der Waals surface area (Å²) >= 11 is 0. The summed E-state index contributed by atoms with van der Waals surface area (Å²) in [7, 11) is 0. The van der Waals surface area contributed by atoms with Crippen LogP contribution in [0.1, 0.15) is 33.2 Å². The summed E-state index contributed by atoms with van der Waals surface area (Å²) in [6.07, 6.45) is 0.318. The third-order valence-electron chi connectivity index (χ3n) is 1.79. The summed E-state index contributed by atoms with van der Waals surface area (Å²) in [5.74, 6) is -1.35. The molecule has 0 amide bonds. The number of halogens is 1. The van der Waals surface area contributed by atoms with Crippen LogP contribution >= 0.6 is 0 Å². The van der Waals surface area contributed by atoms with Crippen LogP contribution in [0.25, 0.3) is 0 Å². The van der Waals surface area contributed by atoms with Gasteiger partial charge in [-0.05, 0) is 19.1 Å². The van der Waals surface area contributed by atoms with Gasteiger partial charge in [0.15, 0.2) is 12.1 Å². The summed E-state index contributed by atoms with van der Waals surface area (Å²) in [4.78, 5) is 21.6. The number of rotatable bonds is 2. The zero-order valence-electron chi connectivity index (χ0n) is 7.37. The van der Waals surface area contributed by atoms with Gasteiger partial charge in [0.25, 0.3) is 0 Å². The standard InChI is InChI=1S/C10H6FNO2/c1-6(14)10-8(5-13)7(4-12)2-3-9(10)11/h2-3,5H,1H3. The maximum atomic E-state index is 13.1. The van der Waals surface area contributed by atoms with Crippen LogP contribution in [-0.2, 0) is 0 Å². The maximum Gasteiger partial charge on any atom is 0.163 e. The first-order valence-electron chi connectivity index (χ1n) is 3.80. The number of aldehydes is 1. The van der Waals surface area contributed by atoms with Gasteiger partial charge in [0.1, 0.15) is 5.82 Å². The van der Waals surface area contributed by atoms with Gasteiger partial charge in [0, 0.05) is 5.56 Å². The minimum absolute atomic E-state index is 0.00611. The second-order valence-electron chi connectivity index (χ2n) is 2.67. The van der Waals surface area contributed by atoms with E-state index in [1.165, 1.54) is 6.07 Å². The van der Waals surface area contributed by atoms with Crippen molar-refractivity contribution in [2.45, 2.75) is 6.92 Å². The topological polar surface area (TPSA) is 57.9 Å². The van der Waals surface area contributed by atoms with Crippen molar-refractivity contribution in [2.24, 2.45) is 0 Å². The molecular weight excluding hydrogens is 185 g/mol. The second-order valence-corrected chi connectivity index (χ2v) is 2.67. The van der Waals surface area contributed by atoms with Crippen molar-refractivity contribution < 1.29 is 14.0 Å². The molecule has 0 radical (unpaired) electrons. The summed E-state index contributed by atoms with van der Waals surface area (Å²) in [6.45, 7) is 1.15. The zero-order valence-corrected chi connectivity index (χ0v) is 7.37. The Balaban J connectivity index is 3.61. The van der Waals surface area contributed by atoms with Crippen LogP contribution in [0.3, 0.4) is 0 Å². The van der Waals surface area contributed by atoms with Gasteiger partial charge in [-0.2, -0.15) is 5.26 Å². The lowest BCUT2D eigenvalue weighted by Gasteiger charge is -2.03. The average Bonchev–Trinajstić information content (AvgIpc) is 2.16. The highest BCUT2D eigenvalue weighted by Gasteiger charge is 2.16. The molecule has 0 saturated carbocycles. The van der Waals surface area contributed by atoms with E-state index < -0.39 is 11.6 Å². The van der Waals surface area contributed by atoms with Crippen molar-refractivity contribution >= 4 is 12.1 Å². The number of carbonyl (C=O) groups excluding carboxylic acids is 2. The number of hydrogen-bond donors (Lipinski definition) is 0. The first-order valence-corrected chi connectivity index (χ1v) is 3.80. The number of benzene rings is 1. The Hall–Kier alpha value is -2.02. The van der Waals surface area contributed by atoms with E-state index in [1.54, 1.807) is 6.07 Å². The molecule has 0 aromatic heterocycles. The molecule has 0 fully saturated rings. The SMILES string of the molecule is CC(=O)c1c(F)ccc(C#N)c1C=O. The molecule has 0 saturated heterocycles. The Morgan fingerprint density at radius 2 is 2.21 bits per heavy atom. The van der Waals surface area contributed by atoms with E-state index in [4.69, 9.17) is 5.26 Å². The van der Waals surface area contributed by atoms with Crippen molar-refractivity contribution in [3.05, 3.63) is 34.6 Å². The van der Waals surface area contributed by atoms with E-state index >= 15 is 0 Å². The van der Waals surface area contributed by atoms with Gasteiger partial charge in [-0.15, -0.1) is 0 Å². The Bertz CT molecular complexity index is 446. The Morgan fingerprint density at radius 1 is 1.57 bits per heavy atom. The van der Waals surface area contributed by atoms with E-state index in [0.717, 1.165) is 13.0 Å². The van der Waals surface area contributed by atoms with Gasteiger partial charge < -0.3 is 0 Å². The van der Waals surface area contributed by atoms with Crippen molar-refractivity contribution in [1.29, 1.82) is 5.26 Å². The average molecular weight is 191 g/mol. The molecule has 0 spiro atoms. The summed E-state index contributed by atoms with van der Waals surface area (Å²) in [5, 5.41) is 8.60. The van der Waals surface area contributed by atoms with Crippen LogP contribution < -0.4 is 0 Å². The normalized spacial score (nSPS) is 9.21. The predicted molar refractivity (Wildman–Crippen MR) is 46.5 cm³/mol. The lowest BCUT2D eigenvalue weighted by molar-refractivity contribution is 0.100. The molecule has 1 aromatic rings. The van der Waals surface area contributed by atoms with E-state index in [2.05, 4.69) is 0 Å². The van der Waals surface area contributed by atoms with Crippen LogP contribution in [0.2, 0.25) is 0 Å². The number of nitriles is 1. The van der Waals surface area contributed by atoms with Gasteiger partial charge in [0.05, 0.1) is 17.2 Å². The van der Waals surface area contributed by atoms with Gasteiger partial charge in [-0.1, -0.05) is 0 Å². The summed E-state index contributed by atoms with van der Waals surface area (Å²) in [5.41, 5.74) is -0.495. The molecule has 0 heterocycles. The molecule has 3 nitrogen and oxygen atoms in total. The summed E-state index contributed by atoms with van der Waals surface area (Å²) in [6, 6.07) is 3.89. The molecule has 0 bridgehead atoms. The largest absolute Gasteiger partial charge is 0.298 e. The first kappa shape index (κ1) is 10.1. The molecule has 0 aliphatic carbocycles. The Labute approximate surface area is 79.8 Å². The molecule has 0 N–H and O–H groups in total. The number of hydrogen-bond acceptors (Lipinski definition) is 3. The molecule has 4 heteroatoms. The highest BCUT2D eigenvalue weighted by atomic mass is 19.1. The lowest BCUT2D eigenvalue weighted by atomic mass is 9.99. The minimum atomic E-state index is -0.779. The molecule has 14 heavy (non-hydrogen) atoms. The molecular formula is C10H6FNO2. The lowest BCUT2D eigenvalue weighted by Crippen LogP contribution is -2.05. The fourth-order valence-corrected chi connectivity index (χ4v) is 1.17. The number of Topliss-reactive ketones (excluding diaryl/α,β-unsaturated/α-hetero) is 1. The first-order chi connectivity index (χ1) is 6.61. The van der Waals surface area contributed by atoms with Crippen LogP contribution in [0.5, 0.6) is 0 Å². The Kier molecular flexibility index (Phi) is 2.73. The fourth-order valence-electron chi connectivity index (χ4n) is 1.17. The molecule has 1 aromatic carbocycles. The summed E-state index contributed by atoms with van der Waals surface area (Å²) < 4.78 is 13.1. The third-order valence-corrected chi connectivity index (χ3v) is 1.79. The molecule has 0 aliphatic rings. The Morgan fingerprint density at radius 3 is 2.64 bits per heavy atom. The molecule has 0 aliphatic heterocycles. The van der Waals surface area contributed by atoms with Gasteiger partial charge in [-0.25, -0.2) is 4.39 Å². The highest BCUT2D eigenvalue weighted by molar-refractivity contribution is 6.02. The van der Waals surface area contributed by atoms with Crippen LogP contribution in [-0.4, -0.2) is 12.1 Å². The monoisotopic (exact) mass is 191 g/mol. The van der Waals surface area contributed by atoms with Crippen LogP contribution in [0, 0.1) is 17.1 Å². The second kappa shape index (κ2) is 3.79. The molecule has 70 valence electrons. The number of nitrogens with zero attached hydrogens (tertiary/aromatic N) is 1. The van der Waals surface area contributed by atoms with Crippen LogP contribution in [0.4, 0.5) is 4.39 Å². The van der Waals surface area contributed by atoms with E-state index in [1.807, 2.05) is 0 Å². The van der Waals surface area contributed by atoms with Crippen molar-refractivity contribution in [2.75, 3.05) is 0 Å². The van der Waals surface area contributed by atoms with Gasteiger partial charge in [0.2, 0.25) is 0 Å². The van der Waals surface area contributed by atoms with Crippen molar-refractivity contribution in [3.8, 4) is 6.07 Å². The third kappa shape index (κ3) is 1.52. The smallest absolute Gasteiger partial charge is 0.163 e. The fraction of sp³-hybridized carbons (Fsp3) is 0.100. The van der Waals surface area contributed by atoms with Crippen molar-refractivity contribution in [1.82, 2.24) is 0 Å². The van der Waals surface area contributed by atoms with E-state index in [-0.39, 0.29) is 16.7 Å². The van der Waals surface area contributed by atoms with Crippen molar-refractivity contribution in [3.63, 3.8) is 0 Å². The molecule has 0 unspecified atom stereocenters. The van der Waals surface area contributed by atoms with E-state index in [9.17, 15) is 14.0 Å². The van der Waals surface area contributed by atoms with Crippen LogP contribution in [0.15, 0.2) is 12.1 Å². The highest BCUT2D eigenvalue weighted by Crippen LogP contribution is 2.16. The minimum Gasteiger partial charge on any atom is -0.298 e. The maximum absolute atomic E-state index is 13.1. The van der Waals surface area contributed by atoms with E-state index in [0.29, 0.717) is 6.29 Å². The number of ketones is 1. The van der Waals surface area contributed by atoms with Gasteiger partial charge >= 0.3 is 0 Å². The molecule has 0 atom stereocenters.